The van der Waals surface area contributed by atoms with E-state index in [4.69, 9.17) is 5.73 Å². The normalized spacial score (nSPS) is 25.9. The number of amides is 1. The number of nitrogens with zero attached hydrogens (tertiary/aromatic N) is 3. The summed E-state index contributed by atoms with van der Waals surface area (Å²) in [6.07, 6.45) is 3.80. The maximum absolute atomic E-state index is 10.9. The summed E-state index contributed by atoms with van der Waals surface area (Å²) in [4.78, 5) is 10.9. The molecule has 0 radical (unpaired) electrons. The molecule has 1 unspecified atom stereocenters. The maximum Gasteiger partial charge on any atom is 0.217 e. The molecule has 6 heteroatoms. The molecule has 1 aliphatic carbocycles. The first kappa shape index (κ1) is 11.1. The molecule has 0 spiro atoms. The molecule has 2 rings (SSSR count). The van der Waals surface area contributed by atoms with E-state index in [1.165, 1.54) is 6.92 Å². The van der Waals surface area contributed by atoms with Crippen molar-refractivity contribution in [2.45, 2.75) is 44.8 Å². The third-order valence-corrected chi connectivity index (χ3v) is 2.92. The highest BCUT2D eigenvalue weighted by atomic mass is 16.1. The third-order valence-electron chi connectivity index (χ3n) is 2.92. The molecule has 1 aliphatic rings. The van der Waals surface area contributed by atoms with Crippen LogP contribution in [-0.4, -0.2) is 26.9 Å². The van der Waals surface area contributed by atoms with E-state index in [-0.39, 0.29) is 11.9 Å². The predicted octanol–water partition coefficient (Wildman–Crippen LogP) is 0.137. The van der Waals surface area contributed by atoms with E-state index >= 15 is 0 Å². The lowest BCUT2D eigenvalue weighted by Crippen LogP contribution is -2.37. The molecule has 1 saturated carbocycles. The van der Waals surface area contributed by atoms with Gasteiger partial charge in [-0.1, -0.05) is 5.21 Å². The Morgan fingerprint density at radius 3 is 2.94 bits per heavy atom. The van der Waals surface area contributed by atoms with Gasteiger partial charge in [0.05, 0.1) is 18.3 Å². The van der Waals surface area contributed by atoms with Gasteiger partial charge in [0.2, 0.25) is 5.91 Å². The quantitative estimate of drug-likeness (QED) is 0.763. The second-order valence-electron chi connectivity index (χ2n) is 4.43. The van der Waals surface area contributed by atoms with E-state index < -0.39 is 0 Å². The average Bonchev–Trinajstić information content (AvgIpc) is 2.60. The maximum atomic E-state index is 10.9. The summed E-state index contributed by atoms with van der Waals surface area (Å²) in [5, 5.41) is 10.9. The highest BCUT2D eigenvalue weighted by molar-refractivity contribution is 5.73. The van der Waals surface area contributed by atoms with Crippen molar-refractivity contribution >= 4 is 5.91 Å². The molecule has 3 N–H and O–H groups in total. The van der Waals surface area contributed by atoms with Crippen molar-refractivity contribution in [1.29, 1.82) is 0 Å². The molecule has 0 aromatic carbocycles. The van der Waals surface area contributed by atoms with Gasteiger partial charge in [0, 0.05) is 13.0 Å². The number of aromatic nitrogens is 3. The Kier molecular flexibility index (Phi) is 2.91. The van der Waals surface area contributed by atoms with Crippen LogP contribution in [0.25, 0.3) is 0 Å². The first-order chi connectivity index (χ1) is 7.56. The van der Waals surface area contributed by atoms with Gasteiger partial charge in [-0.25, -0.2) is 4.68 Å². The van der Waals surface area contributed by atoms with E-state index in [1.807, 2.05) is 17.8 Å². The molecule has 0 aliphatic heterocycles. The molecule has 6 nitrogen and oxygen atoms in total. The van der Waals surface area contributed by atoms with E-state index in [9.17, 15) is 4.79 Å². The zero-order chi connectivity index (χ0) is 11.7. The lowest BCUT2D eigenvalue weighted by Gasteiger charge is -2.31. The van der Waals surface area contributed by atoms with Crippen LogP contribution in [0.2, 0.25) is 0 Å². The molecule has 0 bridgehead atoms. The number of nitrogens with one attached hydrogen (secondary N) is 1. The molecule has 1 atom stereocenters. The van der Waals surface area contributed by atoms with Crippen LogP contribution < -0.4 is 11.1 Å². The Labute approximate surface area is 94.2 Å². The fourth-order valence-corrected chi connectivity index (χ4v) is 1.89. The van der Waals surface area contributed by atoms with Crippen LogP contribution >= 0.6 is 0 Å². The van der Waals surface area contributed by atoms with Crippen LogP contribution in [0, 0.1) is 0 Å². The third kappa shape index (κ3) is 2.21. The summed E-state index contributed by atoms with van der Waals surface area (Å²) in [5.41, 5.74) is 6.51. The average molecular weight is 223 g/mol. The monoisotopic (exact) mass is 223 g/mol. The lowest BCUT2D eigenvalue weighted by molar-refractivity contribution is -0.119. The van der Waals surface area contributed by atoms with Crippen molar-refractivity contribution in [2.24, 2.45) is 5.73 Å². The number of carbonyl (C=O) groups excluding carboxylic acids is 1. The zero-order valence-corrected chi connectivity index (χ0v) is 9.55. The van der Waals surface area contributed by atoms with Gasteiger partial charge in [-0.05, 0) is 19.8 Å². The topological polar surface area (TPSA) is 85.8 Å². The van der Waals surface area contributed by atoms with E-state index in [0.717, 1.165) is 18.5 Å². The summed E-state index contributed by atoms with van der Waals surface area (Å²) in [6.45, 7) is 3.38. The van der Waals surface area contributed by atoms with Crippen molar-refractivity contribution in [3.8, 4) is 0 Å². The van der Waals surface area contributed by atoms with Gasteiger partial charge < -0.3 is 11.1 Å². The summed E-state index contributed by atoms with van der Waals surface area (Å²) >= 11 is 0. The van der Waals surface area contributed by atoms with Gasteiger partial charge in [0.25, 0.3) is 0 Å². The minimum atomic E-state index is -0.0972. The largest absolute Gasteiger partial charge is 0.348 e. The zero-order valence-electron chi connectivity index (χ0n) is 9.55. The Morgan fingerprint density at radius 2 is 2.38 bits per heavy atom. The van der Waals surface area contributed by atoms with Crippen molar-refractivity contribution in [1.82, 2.24) is 20.3 Å². The molecule has 1 amide bonds. The highest BCUT2D eigenvalue weighted by Gasteiger charge is 2.28. The van der Waals surface area contributed by atoms with Gasteiger partial charge in [0.15, 0.2) is 0 Å². The van der Waals surface area contributed by atoms with Crippen molar-refractivity contribution in [3.63, 3.8) is 0 Å². The van der Waals surface area contributed by atoms with Crippen molar-refractivity contribution < 1.29 is 4.79 Å². The summed E-state index contributed by atoms with van der Waals surface area (Å²) in [6, 6.07) is 0.575. The summed E-state index contributed by atoms with van der Waals surface area (Å²) in [5.74, 6) is -0.0623. The molecule has 1 fully saturated rings. The number of hydrogen-bond donors (Lipinski definition) is 2. The van der Waals surface area contributed by atoms with Gasteiger partial charge >= 0.3 is 0 Å². The van der Waals surface area contributed by atoms with Crippen LogP contribution in [0.4, 0.5) is 0 Å². The summed E-state index contributed by atoms with van der Waals surface area (Å²) in [7, 11) is 0. The number of rotatable bonds is 3. The van der Waals surface area contributed by atoms with E-state index in [0.29, 0.717) is 12.1 Å². The highest BCUT2D eigenvalue weighted by Crippen LogP contribution is 2.30. The second-order valence-corrected chi connectivity index (χ2v) is 4.43. The van der Waals surface area contributed by atoms with Crippen LogP contribution in [0.3, 0.4) is 0 Å². The first-order valence-electron chi connectivity index (χ1n) is 5.50. The molecule has 1 heterocycles. The number of nitrogens with two attached hydrogens (primary N) is 1. The predicted molar refractivity (Wildman–Crippen MR) is 58.5 cm³/mol. The smallest absolute Gasteiger partial charge is 0.217 e. The fraction of sp³-hybridized carbons (Fsp3) is 0.700. The molecule has 16 heavy (non-hydrogen) atoms. The molecule has 1 aromatic rings. The molecule has 1 aromatic heterocycles. The molecule has 0 saturated heterocycles. The van der Waals surface area contributed by atoms with Crippen LogP contribution in [-0.2, 0) is 4.79 Å². The first-order valence-corrected chi connectivity index (χ1v) is 5.50. The van der Waals surface area contributed by atoms with Crippen molar-refractivity contribution in [2.75, 3.05) is 0 Å². The molecule has 88 valence electrons. The Morgan fingerprint density at radius 1 is 1.69 bits per heavy atom. The van der Waals surface area contributed by atoms with Crippen LogP contribution in [0.15, 0.2) is 6.20 Å². The van der Waals surface area contributed by atoms with E-state index in [2.05, 4.69) is 15.6 Å². The SMILES string of the molecule is CC(=O)NC(C)c1cn(C2CC(N)C2)nn1. The van der Waals surface area contributed by atoms with Crippen molar-refractivity contribution in [3.05, 3.63) is 11.9 Å². The fourth-order valence-electron chi connectivity index (χ4n) is 1.89. The standard InChI is InChI=1S/C10H17N5O/c1-6(12-7(2)16)10-5-15(14-13-10)9-3-8(11)4-9/h5-6,8-9H,3-4,11H2,1-2H3,(H,12,16). The van der Waals surface area contributed by atoms with Gasteiger partial charge in [0.1, 0.15) is 5.69 Å². The number of carbonyl (C=O) groups is 1. The Balaban J connectivity index is 1.99. The lowest BCUT2D eigenvalue weighted by atomic mass is 9.88. The molecular weight excluding hydrogens is 206 g/mol. The second kappa shape index (κ2) is 4.21. The Hall–Kier alpha value is -1.43. The number of hydrogen-bond acceptors (Lipinski definition) is 4. The minimum absolute atomic E-state index is 0.0623. The minimum Gasteiger partial charge on any atom is -0.348 e. The van der Waals surface area contributed by atoms with Gasteiger partial charge in [-0.2, -0.15) is 0 Å². The van der Waals surface area contributed by atoms with Gasteiger partial charge in [-0.15, -0.1) is 5.10 Å². The van der Waals surface area contributed by atoms with Crippen LogP contribution in [0.5, 0.6) is 0 Å². The van der Waals surface area contributed by atoms with Gasteiger partial charge in [-0.3, -0.25) is 4.79 Å². The summed E-state index contributed by atoms with van der Waals surface area (Å²) < 4.78 is 1.84. The molecular formula is C10H17N5O. The van der Waals surface area contributed by atoms with Crippen LogP contribution in [0.1, 0.15) is 44.5 Å². The Bertz CT molecular complexity index is 382. The van der Waals surface area contributed by atoms with E-state index in [1.54, 1.807) is 0 Å².